The van der Waals surface area contributed by atoms with E-state index in [1.165, 1.54) is 24.6 Å². The largest absolute Gasteiger partial charge is 0.494 e. The second-order valence-electron chi connectivity index (χ2n) is 5.69. The molecular weight excluding hydrogens is 336 g/mol. The van der Waals surface area contributed by atoms with Gasteiger partial charge in [0.2, 0.25) is 5.91 Å². The standard InChI is InChI=1S/C18H22N4O2S/c1-2-24-15-7-5-14(6-8-15)20-17(23)13-25-18-19-10-9-16(21-18)22-11-3-4-12-22/h5-10H,2-4,11-13H2,1H3,(H,20,23). The second-order valence-corrected chi connectivity index (χ2v) is 6.63. The summed E-state index contributed by atoms with van der Waals surface area (Å²) in [7, 11) is 0. The quantitative estimate of drug-likeness (QED) is 0.605. The average Bonchev–Trinajstić information content (AvgIpc) is 3.17. The molecule has 0 atom stereocenters. The maximum atomic E-state index is 12.1. The Hall–Kier alpha value is -2.28. The first kappa shape index (κ1) is 17.5. The molecule has 0 unspecified atom stereocenters. The van der Waals surface area contributed by atoms with Crippen LogP contribution in [0.3, 0.4) is 0 Å². The molecular formula is C18H22N4O2S. The number of nitrogens with one attached hydrogen (secondary N) is 1. The molecule has 1 aromatic heterocycles. The number of aromatic nitrogens is 2. The number of thioether (sulfide) groups is 1. The normalized spacial score (nSPS) is 13.7. The molecule has 6 nitrogen and oxygen atoms in total. The van der Waals surface area contributed by atoms with Crippen LogP contribution in [0.5, 0.6) is 5.75 Å². The molecule has 1 amide bonds. The van der Waals surface area contributed by atoms with E-state index in [2.05, 4.69) is 20.2 Å². The fourth-order valence-electron chi connectivity index (χ4n) is 2.65. The molecule has 1 N–H and O–H groups in total. The van der Waals surface area contributed by atoms with Crippen molar-refractivity contribution in [1.82, 2.24) is 9.97 Å². The third kappa shape index (κ3) is 5.09. The van der Waals surface area contributed by atoms with Crippen molar-refractivity contribution < 1.29 is 9.53 Å². The van der Waals surface area contributed by atoms with Crippen molar-refractivity contribution in [3.63, 3.8) is 0 Å². The van der Waals surface area contributed by atoms with Crippen LogP contribution in [0.25, 0.3) is 0 Å². The Labute approximate surface area is 152 Å². The Morgan fingerprint density at radius 3 is 2.72 bits per heavy atom. The smallest absolute Gasteiger partial charge is 0.234 e. The fraction of sp³-hybridized carbons (Fsp3) is 0.389. The first-order valence-corrected chi connectivity index (χ1v) is 9.46. The number of ether oxygens (including phenoxy) is 1. The predicted octanol–water partition coefficient (Wildman–Crippen LogP) is 3.21. The van der Waals surface area contributed by atoms with Gasteiger partial charge in [0.15, 0.2) is 5.16 Å². The minimum absolute atomic E-state index is 0.0793. The molecule has 0 bridgehead atoms. The van der Waals surface area contributed by atoms with Crippen molar-refractivity contribution in [2.45, 2.75) is 24.9 Å². The van der Waals surface area contributed by atoms with Gasteiger partial charge in [-0.25, -0.2) is 9.97 Å². The van der Waals surface area contributed by atoms with Crippen molar-refractivity contribution in [2.24, 2.45) is 0 Å². The van der Waals surface area contributed by atoms with Crippen LogP contribution < -0.4 is 15.0 Å². The van der Waals surface area contributed by atoms with Gasteiger partial charge in [0.05, 0.1) is 12.4 Å². The molecule has 132 valence electrons. The van der Waals surface area contributed by atoms with E-state index < -0.39 is 0 Å². The lowest BCUT2D eigenvalue weighted by atomic mass is 10.3. The third-order valence-corrected chi connectivity index (χ3v) is 4.69. The maximum absolute atomic E-state index is 12.1. The lowest BCUT2D eigenvalue weighted by Gasteiger charge is -2.16. The van der Waals surface area contributed by atoms with Crippen LogP contribution in [0.4, 0.5) is 11.5 Å². The van der Waals surface area contributed by atoms with Crippen LogP contribution in [0.1, 0.15) is 19.8 Å². The molecule has 0 aliphatic carbocycles. The van der Waals surface area contributed by atoms with Crippen molar-refractivity contribution >= 4 is 29.2 Å². The fourth-order valence-corrected chi connectivity index (χ4v) is 3.28. The molecule has 0 radical (unpaired) electrons. The molecule has 7 heteroatoms. The van der Waals surface area contributed by atoms with Crippen LogP contribution in [-0.4, -0.2) is 41.3 Å². The number of carbonyl (C=O) groups is 1. The maximum Gasteiger partial charge on any atom is 0.234 e. The van der Waals surface area contributed by atoms with Gasteiger partial charge in [-0.05, 0) is 50.1 Å². The van der Waals surface area contributed by atoms with Crippen LogP contribution in [0.2, 0.25) is 0 Å². The summed E-state index contributed by atoms with van der Waals surface area (Å²) in [4.78, 5) is 23.2. The molecule has 1 aliphatic rings. The number of hydrogen-bond donors (Lipinski definition) is 1. The molecule has 3 rings (SSSR count). The van der Waals surface area contributed by atoms with Crippen molar-refractivity contribution in [3.05, 3.63) is 36.5 Å². The van der Waals surface area contributed by atoms with E-state index in [-0.39, 0.29) is 11.7 Å². The lowest BCUT2D eigenvalue weighted by molar-refractivity contribution is -0.113. The van der Waals surface area contributed by atoms with E-state index in [1.807, 2.05) is 37.3 Å². The number of hydrogen-bond acceptors (Lipinski definition) is 6. The molecule has 25 heavy (non-hydrogen) atoms. The third-order valence-electron chi connectivity index (χ3n) is 3.83. The number of rotatable bonds is 7. The number of benzene rings is 1. The van der Waals surface area contributed by atoms with Crippen LogP contribution >= 0.6 is 11.8 Å². The number of nitrogens with zero attached hydrogens (tertiary/aromatic N) is 3. The van der Waals surface area contributed by atoms with E-state index in [4.69, 9.17) is 4.74 Å². The molecule has 1 fully saturated rings. The zero-order valence-electron chi connectivity index (χ0n) is 14.3. The van der Waals surface area contributed by atoms with E-state index >= 15 is 0 Å². The van der Waals surface area contributed by atoms with Gasteiger partial charge in [0.25, 0.3) is 0 Å². The Balaban J connectivity index is 1.51. The van der Waals surface area contributed by atoms with E-state index in [1.54, 1.807) is 6.20 Å². The predicted molar refractivity (Wildman–Crippen MR) is 100 cm³/mol. The first-order chi connectivity index (χ1) is 12.2. The summed E-state index contributed by atoms with van der Waals surface area (Å²) >= 11 is 1.35. The highest BCUT2D eigenvalue weighted by atomic mass is 32.2. The highest BCUT2D eigenvalue weighted by molar-refractivity contribution is 7.99. The molecule has 0 spiro atoms. The number of amides is 1. The zero-order valence-corrected chi connectivity index (χ0v) is 15.1. The Morgan fingerprint density at radius 2 is 2.00 bits per heavy atom. The molecule has 0 saturated carbocycles. The van der Waals surface area contributed by atoms with Crippen LogP contribution in [0.15, 0.2) is 41.7 Å². The minimum atomic E-state index is -0.0793. The Morgan fingerprint density at radius 1 is 1.24 bits per heavy atom. The highest BCUT2D eigenvalue weighted by Gasteiger charge is 2.14. The zero-order chi connectivity index (χ0) is 17.5. The summed E-state index contributed by atoms with van der Waals surface area (Å²) in [5.74, 6) is 1.93. The molecule has 1 aromatic carbocycles. The topological polar surface area (TPSA) is 67.3 Å². The van der Waals surface area contributed by atoms with Gasteiger partial charge in [-0.15, -0.1) is 0 Å². The van der Waals surface area contributed by atoms with Crippen molar-refractivity contribution in [1.29, 1.82) is 0 Å². The number of anilines is 2. The summed E-state index contributed by atoms with van der Waals surface area (Å²) < 4.78 is 5.39. The van der Waals surface area contributed by atoms with Crippen LogP contribution in [-0.2, 0) is 4.79 Å². The van der Waals surface area contributed by atoms with Gasteiger partial charge in [0.1, 0.15) is 11.6 Å². The molecule has 1 aliphatic heterocycles. The van der Waals surface area contributed by atoms with E-state index in [9.17, 15) is 4.79 Å². The van der Waals surface area contributed by atoms with Gasteiger partial charge >= 0.3 is 0 Å². The summed E-state index contributed by atoms with van der Waals surface area (Å²) in [6.45, 7) is 4.64. The Bertz CT molecular complexity index is 702. The summed E-state index contributed by atoms with van der Waals surface area (Å²) in [5, 5.41) is 3.50. The monoisotopic (exact) mass is 358 g/mol. The van der Waals surface area contributed by atoms with E-state index in [0.29, 0.717) is 11.8 Å². The summed E-state index contributed by atoms with van der Waals surface area (Å²) in [6.07, 6.45) is 4.17. The summed E-state index contributed by atoms with van der Waals surface area (Å²) in [6, 6.07) is 9.27. The van der Waals surface area contributed by atoms with Gasteiger partial charge in [0, 0.05) is 25.0 Å². The van der Waals surface area contributed by atoms with Gasteiger partial charge in [-0.3, -0.25) is 4.79 Å². The first-order valence-electron chi connectivity index (χ1n) is 8.48. The van der Waals surface area contributed by atoms with Crippen LogP contribution in [0, 0.1) is 0 Å². The molecule has 1 saturated heterocycles. The number of carbonyl (C=O) groups excluding carboxylic acids is 1. The summed E-state index contributed by atoms with van der Waals surface area (Å²) in [5.41, 5.74) is 0.751. The average molecular weight is 358 g/mol. The molecule has 2 aromatic rings. The molecule has 2 heterocycles. The van der Waals surface area contributed by atoms with Crippen molar-refractivity contribution in [3.8, 4) is 5.75 Å². The lowest BCUT2D eigenvalue weighted by Crippen LogP contribution is -2.19. The van der Waals surface area contributed by atoms with Crippen molar-refractivity contribution in [2.75, 3.05) is 35.7 Å². The SMILES string of the molecule is CCOc1ccc(NC(=O)CSc2nccc(N3CCCC3)n2)cc1. The van der Waals surface area contributed by atoms with E-state index in [0.717, 1.165) is 30.3 Å². The van der Waals surface area contributed by atoms with Gasteiger partial charge in [-0.1, -0.05) is 11.8 Å². The van der Waals surface area contributed by atoms with Gasteiger partial charge < -0.3 is 15.0 Å². The minimum Gasteiger partial charge on any atom is -0.494 e. The Kier molecular flexibility index (Phi) is 6.11. The van der Waals surface area contributed by atoms with Gasteiger partial charge in [-0.2, -0.15) is 0 Å². The second kappa shape index (κ2) is 8.71. The highest BCUT2D eigenvalue weighted by Crippen LogP contribution is 2.21.